The number of piperidine rings is 1. The van der Waals surface area contributed by atoms with Gasteiger partial charge in [0, 0.05) is 31.1 Å². The number of allylic oxidation sites excluding steroid dienone is 1. The minimum absolute atomic E-state index is 0.0157. The molecule has 6 heteroatoms. The van der Waals surface area contributed by atoms with Crippen molar-refractivity contribution in [3.05, 3.63) is 11.8 Å². The second-order valence-electron chi connectivity index (χ2n) is 11.6. The molecule has 1 aliphatic heterocycles. The number of unbranched alkanes of at least 4 members (excludes halogenated alkanes) is 5. The second-order valence-corrected chi connectivity index (χ2v) is 11.6. The van der Waals surface area contributed by atoms with Crippen molar-refractivity contribution in [3.63, 3.8) is 0 Å². The van der Waals surface area contributed by atoms with E-state index in [2.05, 4.69) is 46.0 Å². The number of rotatable bonds is 13. The highest BCUT2D eigenvalue weighted by Gasteiger charge is 2.57. The summed E-state index contributed by atoms with van der Waals surface area (Å²) in [6, 6.07) is 0. The van der Waals surface area contributed by atoms with Crippen molar-refractivity contribution in [2.24, 2.45) is 22.7 Å². The van der Waals surface area contributed by atoms with Crippen molar-refractivity contribution in [1.82, 2.24) is 10.2 Å². The Morgan fingerprint density at radius 3 is 2.50 bits per heavy atom. The molecule has 1 fully saturated rings. The zero-order valence-corrected chi connectivity index (χ0v) is 22.5. The first-order valence-electron chi connectivity index (χ1n) is 13.4. The zero-order chi connectivity index (χ0) is 25.4. The summed E-state index contributed by atoms with van der Waals surface area (Å²) >= 11 is 0. The highest BCUT2D eigenvalue weighted by molar-refractivity contribution is 5.92. The van der Waals surface area contributed by atoms with Gasteiger partial charge in [0.25, 0.3) is 0 Å². The summed E-state index contributed by atoms with van der Waals surface area (Å²) in [6.45, 7) is 12.0. The molecule has 2 amide bonds. The van der Waals surface area contributed by atoms with E-state index in [1.807, 2.05) is 4.90 Å². The molecule has 0 unspecified atom stereocenters. The zero-order valence-electron chi connectivity index (χ0n) is 22.5. The van der Waals surface area contributed by atoms with Crippen molar-refractivity contribution < 1.29 is 19.1 Å². The van der Waals surface area contributed by atoms with E-state index in [1.54, 1.807) is 0 Å². The normalized spacial score (nSPS) is 24.0. The van der Waals surface area contributed by atoms with Gasteiger partial charge in [-0.25, -0.2) is 0 Å². The number of esters is 1. The maximum Gasteiger partial charge on any atom is 0.317 e. The number of likely N-dealkylation sites (tertiary alicyclic amines) is 1. The van der Waals surface area contributed by atoms with Gasteiger partial charge in [-0.05, 0) is 43.4 Å². The molecule has 0 aromatic heterocycles. The van der Waals surface area contributed by atoms with E-state index in [-0.39, 0.29) is 29.6 Å². The lowest BCUT2D eigenvalue weighted by atomic mass is 9.59. The summed E-state index contributed by atoms with van der Waals surface area (Å²) in [4.78, 5) is 41.5. The molecule has 1 saturated heterocycles. The highest BCUT2D eigenvalue weighted by atomic mass is 16.5. The number of fused-ring (bicyclic) bond motifs is 1. The van der Waals surface area contributed by atoms with Gasteiger partial charge in [-0.15, -0.1) is 0 Å². The molecule has 2 aliphatic rings. The van der Waals surface area contributed by atoms with Crippen LogP contribution in [-0.4, -0.2) is 42.9 Å². The summed E-state index contributed by atoms with van der Waals surface area (Å²) < 4.78 is 5.32. The molecule has 2 atom stereocenters. The first-order valence-corrected chi connectivity index (χ1v) is 13.4. The number of ether oxygens (including phenoxy) is 1. The second kappa shape index (κ2) is 12.7. The van der Waals surface area contributed by atoms with Gasteiger partial charge < -0.3 is 15.0 Å². The Balaban J connectivity index is 2.25. The third kappa shape index (κ3) is 7.32. The summed E-state index contributed by atoms with van der Waals surface area (Å²) in [5.74, 6) is -0.412. The first-order chi connectivity index (χ1) is 16.1. The van der Waals surface area contributed by atoms with Gasteiger partial charge in [0.05, 0.1) is 7.11 Å². The van der Waals surface area contributed by atoms with Crippen LogP contribution in [0.3, 0.4) is 0 Å². The molecule has 0 spiro atoms. The fourth-order valence-electron chi connectivity index (χ4n) is 5.63. The maximum atomic E-state index is 13.6. The fourth-order valence-corrected chi connectivity index (χ4v) is 5.63. The molecule has 1 N–H and O–H groups in total. The van der Waals surface area contributed by atoms with Crippen molar-refractivity contribution in [1.29, 1.82) is 0 Å². The van der Waals surface area contributed by atoms with Gasteiger partial charge in [-0.2, -0.15) is 0 Å². The SMILES string of the molecule is CCCCCCCCN1C(=O)[C@H](CC(=O)NCCC(C)C)C[C@@]2(C(=O)OC)CC(C)(C)CC=C12. The molecule has 194 valence electrons. The number of nitrogens with one attached hydrogen (secondary N) is 1. The van der Waals surface area contributed by atoms with Gasteiger partial charge in [0.1, 0.15) is 5.41 Å². The summed E-state index contributed by atoms with van der Waals surface area (Å²) in [7, 11) is 1.43. The summed E-state index contributed by atoms with van der Waals surface area (Å²) in [5.41, 5.74) is -0.127. The fraction of sp³-hybridized carbons (Fsp3) is 0.821. The summed E-state index contributed by atoms with van der Waals surface area (Å²) in [5, 5.41) is 2.97. The van der Waals surface area contributed by atoms with E-state index in [1.165, 1.54) is 26.4 Å². The molecule has 0 bridgehead atoms. The number of carbonyl (C=O) groups is 3. The molecule has 0 saturated carbocycles. The van der Waals surface area contributed by atoms with Crippen LogP contribution in [0.15, 0.2) is 11.8 Å². The molecule has 1 aliphatic carbocycles. The Labute approximate surface area is 207 Å². The van der Waals surface area contributed by atoms with Crippen LogP contribution in [-0.2, 0) is 19.1 Å². The molecule has 1 heterocycles. The van der Waals surface area contributed by atoms with Gasteiger partial charge in [-0.3, -0.25) is 14.4 Å². The van der Waals surface area contributed by atoms with Crippen molar-refractivity contribution in [2.45, 2.75) is 105 Å². The average molecular weight is 477 g/mol. The van der Waals surface area contributed by atoms with E-state index >= 15 is 0 Å². The monoisotopic (exact) mass is 476 g/mol. The maximum absolute atomic E-state index is 13.6. The number of amides is 2. The molecular weight excluding hydrogens is 428 g/mol. The number of methoxy groups -OCH3 is 1. The van der Waals surface area contributed by atoms with Gasteiger partial charge in [-0.1, -0.05) is 72.8 Å². The minimum atomic E-state index is -0.866. The van der Waals surface area contributed by atoms with Crippen LogP contribution in [0.1, 0.15) is 105 Å². The smallest absolute Gasteiger partial charge is 0.317 e. The largest absolute Gasteiger partial charge is 0.468 e. The van der Waals surface area contributed by atoms with Crippen LogP contribution in [0.25, 0.3) is 0 Å². The van der Waals surface area contributed by atoms with Crippen LogP contribution in [0.4, 0.5) is 0 Å². The van der Waals surface area contributed by atoms with Crippen LogP contribution >= 0.6 is 0 Å². The average Bonchev–Trinajstić information content (AvgIpc) is 2.76. The van der Waals surface area contributed by atoms with Gasteiger partial charge in [0.15, 0.2) is 0 Å². The lowest BCUT2D eigenvalue weighted by Gasteiger charge is -2.51. The van der Waals surface area contributed by atoms with Crippen molar-refractivity contribution in [2.75, 3.05) is 20.2 Å². The number of hydrogen-bond acceptors (Lipinski definition) is 4. The molecule has 0 aromatic rings. The van der Waals surface area contributed by atoms with Crippen molar-refractivity contribution >= 4 is 17.8 Å². The Hall–Kier alpha value is -1.85. The molecule has 34 heavy (non-hydrogen) atoms. The standard InChI is InChI=1S/C28H48N2O4/c1-7-8-9-10-11-12-17-30-23-13-15-27(4,5)20-28(23,26(33)34-6)19-22(25(30)32)18-24(31)29-16-14-21(2)3/h13,21-22H,7-12,14-20H2,1-6H3,(H,29,31)/t22-,28-/m1/s1. The minimum Gasteiger partial charge on any atom is -0.468 e. The molecular formula is C28H48N2O4. The third-order valence-corrected chi connectivity index (χ3v) is 7.41. The third-order valence-electron chi connectivity index (χ3n) is 7.41. The number of nitrogens with zero attached hydrogens (tertiary/aromatic N) is 1. The summed E-state index contributed by atoms with van der Waals surface area (Å²) in [6.07, 6.45) is 11.7. The predicted molar refractivity (Wildman–Crippen MR) is 136 cm³/mol. The lowest BCUT2D eigenvalue weighted by molar-refractivity contribution is -0.162. The van der Waals surface area contributed by atoms with Crippen molar-refractivity contribution in [3.8, 4) is 0 Å². The van der Waals surface area contributed by atoms with E-state index in [0.717, 1.165) is 37.8 Å². The van der Waals surface area contributed by atoms with Crippen LogP contribution in [0.2, 0.25) is 0 Å². The molecule has 0 aromatic carbocycles. The lowest BCUT2D eigenvalue weighted by Crippen LogP contribution is -2.56. The quantitative estimate of drug-likeness (QED) is 0.277. The topological polar surface area (TPSA) is 75.7 Å². The van der Waals surface area contributed by atoms with E-state index in [4.69, 9.17) is 4.74 Å². The van der Waals surface area contributed by atoms with Crippen LogP contribution in [0, 0.1) is 22.7 Å². The van der Waals surface area contributed by atoms with E-state index in [9.17, 15) is 14.4 Å². The van der Waals surface area contributed by atoms with Crippen LogP contribution < -0.4 is 5.32 Å². The molecule has 2 rings (SSSR count). The number of carbonyl (C=O) groups excluding carboxylic acids is 3. The predicted octanol–water partition coefficient (Wildman–Crippen LogP) is 5.61. The molecule has 0 radical (unpaired) electrons. The number of hydrogen-bond donors (Lipinski definition) is 1. The highest BCUT2D eigenvalue weighted by Crippen LogP contribution is 2.54. The van der Waals surface area contributed by atoms with Crippen LogP contribution in [0.5, 0.6) is 0 Å². The Bertz CT molecular complexity index is 743. The Morgan fingerprint density at radius 1 is 1.18 bits per heavy atom. The molecule has 6 nitrogen and oxygen atoms in total. The van der Waals surface area contributed by atoms with Gasteiger partial charge >= 0.3 is 5.97 Å². The first kappa shape index (κ1) is 28.4. The van der Waals surface area contributed by atoms with E-state index in [0.29, 0.717) is 31.8 Å². The van der Waals surface area contributed by atoms with E-state index < -0.39 is 11.3 Å². The van der Waals surface area contributed by atoms with Gasteiger partial charge in [0.2, 0.25) is 11.8 Å². The Morgan fingerprint density at radius 2 is 1.85 bits per heavy atom. The Kier molecular flexibility index (Phi) is 10.6.